The van der Waals surface area contributed by atoms with E-state index < -0.39 is 12.1 Å². The van der Waals surface area contributed by atoms with Crippen molar-refractivity contribution in [2.45, 2.75) is 347 Å². The molecule has 0 aromatic carbocycles. The van der Waals surface area contributed by atoms with E-state index in [9.17, 15) is 15.0 Å². The van der Waals surface area contributed by atoms with Crippen molar-refractivity contribution in [1.29, 1.82) is 0 Å². The molecular formula is C58H115NO3. The fraction of sp³-hybridized carbons (Fsp3) is 0.948. The lowest BCUT2D eigenvalue weighted by atomic mass is 10.0. The maximum atomic E-state index is 12.5. The topological polar surface area (TPSA) is 69.6 Å². The molecule has 0 aliphatic carbocycles. The van der Waals surface area contributed by atoms with E-state index in [0.29, 0.717) is 12.8 Å². The molecule has 0 saturated carbocycles. The fourth-order valence-corrected chi connectivity index (χ4v) is 9.36. The molecule has 0 bridgehead atoms. The van der Waals surface area contributed by atoms with Crippen molar-refractivity contribution in [3.8, 4) is 0 Å². The van der Waals surface area contributed by atoms with Gasteiger partial charge in [-0.1, -0.05) is 302 Å². The third kappa shape index (κ3) is 50.1. The molecule has 0 aliphatic heterocycles. The molecule has 0 saturated heterocycles. The van der Waals surface area contributed by atoms with E-state index in [2.05, 4.69) is 31.3 Å². The predicted molar refractivity (Wildman–Crippen MR) is 276 cm³/mol. The molecule has 4 nitrogen and oxygen atoms in total. The third-order valence-corrected chi connectivity index (χ3v) is 13.8. The second-order valence-corrected chi connectivity index (χ2v) is 20.1. The molecule has 0 aromatic heterocycles. The van der Waals surface area contributed by atoms with Crippen molar-refractivity contribution in [3.63, 3.8) is 0 Å². The number of carbonyl (C=O) groups is 1. The van der Waals surface area contributed by atoms with E-state index in [-0.39, 0.29) is 12.5 Å². The van der Waals surface area contributed by atoms with E-state index in [1.54, 1.807) is 0 Å². The minimum Gasteiger partial charge on any atom is -0.394 e. The molecule has 62 heavy (non-hydrogen) atoms. The standard InChI is InChI=1S/C58H115NO3/c1-3-5-7-9-11-13-15-17-19-20-21-22-23-24-25-26-27-28-29-30-31-32-33-34-35-36-37-38-40-42-44-46-48-50-52-54-58(62)59-56(55-60)57(61)53-51-49-47-45-43-41-39-18-16-14-12-10-8-6-4-2/h26-27,56-57,60-61H,3-25,28-55H2,1-2H3,(H,59,62)/b27-26-. The van der Waals surface area contributed by atoms with Gasteiger partial charge in [0.25, 0.3) is 0 Å². The van der Waals surface area contributed by atoms with Crippen LogP contribution in [0.2, 0.25) is 0 Å². The van der Waals surface area contributed by atoms with Crippen LogP contribution in [0.3, 0.4) is 0 Å². The molecule has 0 rings (SSSR count). The molecule has 1 amide bonds. The summed E-state index contributed by atoms with van der Waals surface area (Å²) in [4.78, 5) is 12.5. The van der Waals surface area contributed by atoms with E-state index in [1.807, 2.05) is 0 Å². The Hall–Kier alpha value is -0.870. The first-order valence-corrected chi connectivity index (χ1v) is 28.9. The average molecular weight is 875 g/mol. The lowest BCUT2D eigenvalue weighted by molar-refractivity contribution is -0.123. The van der Waals surface area contributed by atoms with Crippen LogP contribution in [-0.2, 0) is 4.79 Å². The number of allylic oxidation sites excluding steroid dienone is 2. The van der Waals surface area contributed by atoms with E-state index >= 15 is 0 Å². The van der Waals surface area contributed by atoms with Crippen LogP contribution in [0.25, 0.3) is 0 Å². The fourth-order valence-electron chi connectivity index (χ4n) is 9.36. The highest BCUT2D eigenvalue weighted by Crippen LogP contribution is 2.18. The van der Waals surface area contributed by atoms with Gasteiger partial charge in [0, 0.05) is 6.42 Å². The van der Waals surface area contributed by atoms with Gasteiger partial charge < -0.3 is 15.5 Å². The van der Waals surface area contributed by atoms with Crippen molar-refractivity contribution in [2.24, 2.45) is 0 Å². The second-order valence-electron chi connectivity index (χ2n) is 20.1. The summed E-state index contributed by atoms with van der Waals surface area (Å²) in [5.41, 5.74) is 0. The molecule has 3 N–H and O–H groups in total. The van der Waals surface area contributed by atoms with Crippen molar-refractivity contribution in [3.05, 3.63) is 12.2 Å². The molecule has 0 radical (unpaired) electrons. The summed E-state index contributed by atoms with van der Waals surface area (Å²) in [6, 6.07) is -0.532. The first kappa shape index (κ1) is 61.1. The number of hydrogen-bond acceptors (Lipinski definition) is 3. The molecule has 0 fully saturated rings. The van der Waals surface area contributed by atoms with E-state index in [4.69, 9.17) is 0 Å². The van der Waals surface area contributed by atoms with Gasteiger partial charge in [0.1, 0.15) is 0 Å². The van der Waals surface area contributed by atoms with E-state index in [0.717, 1.165) is 25.7 Å². The smallest absolute Gasteiger partial charge is 0.220 e. The van der Waals surface area contributed by atoms with Crippen LogP contribution in [-0.4, -0.2) is 34.9 Å². The first-order chi connectivity index (χ1) is 30.7. The van der Waals surface area contributed by atoms with Gasteiger partial charge in [-0.25, -0.2) is 0 Å². The molecule has 2 unspecified atom stereocenters. The number of hydrogen-bond donors (Lipinski definition) is 3. The third-order valence-electron chi connectivity index (χ3n) is 13.8. The molecule has 0 aromatic rings. The number of aliphatic hydroxyl groups excluding tert-OH is 2. The quantitative estimate of drug-likeness (QED) is 0.0421. The Kier molecular flexibility index (Phi) is 53.7. The minimum absolute atomic E-state index is 0.0247. The normalized spacial score (nSPS) is 12.8. The SMILES string of the molecule is CCCCCCCCCCCCCCCC/C=C\CCCCCCCCCCCCCCCCCCCC(=O)NC(CO)C(O)CCCCCCCCCCCCCCCCC. The van der Waals surface area contributed by atoms with Crippen LogP contribution < -0.4 is 5.32 Å². The highest BCUT2D eigenvalue weighted by atomic mass is 16.3. The maximum Gasteiger partial charge on any atom is 0.220 e. The van der Waals surface area contributed by atoms with Gasteiger partial charge >= 0.3 is 0 Å². The Morgan fingerprint density at radius 1 is 0.371 bits per heavy atom. The van der Waals surface area contributed by atoms with Crippen molar-refractivity contribution in [2.75, 3.05) is 6.61 Å². The summed E-state index contributed by atoms with van der Waals surface area (Å²) in [7, 11) is 0. The lowest BCUT2D eigenvalue weighted by Gasteiger charge is -2.22. The number of carbonyl (C=O) groups excluding carboxylic acids is 1. The molecule has 0 aliphatic rings. The number of nitrogens with one attached hydrogen (secondary N) is 1. The monoisotopic (exact) mass is 874 g/mol. The van der Waals surface area contributed by atoms with Crippen LogP contribution in [0.1, 0.15) is 335 Å². The summed E-state index contributed by atoms with van der Waals surface area (Å²) in [5, 5.41) is 23.3. The second kappa shape index (κ2) is 54.5. The van der Waals surface area contributed by atoms with Crippen LogP contribution >= 0.6 is 0 Å². The van der Waals surface area contributed by atoms with Gasteiger partial charge in [0.15, 0.2) is 0 Å². The Morgan fingerprint density at radius 2 is 0.613 bits per heavy atom. The largest absolute Gasteiger partial charge is 0.394 e. The zero-order valence-corrected chi connectivity index (χ0v) is 42.7. The van der Waals surface area contributed by atoms with Gasteiger partial charge in [0.2, 0.25) is 5.91 Å². The molecule has 0 spiro atoms. The lowest BCUT2D eigenvalue weighted by Crippen LogP contribution is -2.45. The molecule has 2 atom stereocenters. The van der Waals surface area contributed by atoms with Crippen LogP contribution in [0.4, 0.5) is 0 Å². The summed E-state index contributed by atoms with van der Waals surface area (Å²) in [6.07, 6.45) is 70.7. The average Bonchev–Trinajstić information content (AvgIpc) is 3.28. The number of amides is 1. The first-order valence-electron chi connectivity index (χ1n) is 28.9. The Balaban J connectivity index is 3.37. The molecular weight excluding hydrogens is 759 g/mol. The summed E-state index contributed by atoms with van der Waals surface area (Å²) in [5.74, 6) is -0.0247. The summed E-state index contributed by atoms with van der Waals surface area (Å²) < 4.78 is 0. The highest BCUT2D eigenvalue weighted by Gasteiger charge is 2.20. The molecule has 4 heteroatoms. The van der Waals surface area contributed by atoms with Crippen molar-refractivity contribution >= 4 is 5.91 Å². The molecule has 370 valence electrons. The summed E-state index contributed by atoms with van der Waals surface area (Å²) in [6.45, 7) is 4.39. The van der Waals surface area contributed by atoms with Gasteiger partial charge in [-0.2, -0.15) is 0 Å². The van der Waals surface area contributed by atoms with Gasteiger partial charge in [-0.15, -0.1) is 0 Å². The van der Waals surface area contributed by atoms with Crippen molar-refractivity contribution in [1.82, 2.24) is 5.32 Å². The highest BCUT2D eigenvalue weighted by molar-refractivity contribution is 5.76. The zero-order valence-electron chi connectivity index (χ0n) is 42.7. The number of rotatable bonds is 54. The zero-order chi connectivity index (χ0) is 44.9. The van der Waals surface area contributed by atoms with Gasteiger partial charge in [-0.3, -0.25) is 4.79 Å². The van der Waals surface area contributed by atoms with Gasteiger partial charge in [-0.05, 0) is 38.5 Å². The Labute approximate surface area is 390 Å². The molecule has 0 heterocycles. The Morgan fingerprint density at radius 3 is 0.887 bits per heavy atom. The van der Waals surface area contributed by atoms with Crippen LogP contribution in [0.5, 0.6) is 0 Å². The van der Waals surface area contributed by atoms with Crippen molar-refractivity contribution < 1.29 is 15.0 Å². The maximum absolute atomic E-state index is 12.5. The Bertz CT molecular complexity index is 860. The van der Waals surface area contributed by atoms with E-state index in [1.165, 1.54) is 283 Å². The van der Waals surface area contributed by atoms with Gasteiger partial charge in [0.05, 0.1) is 18.8 Å². The predicted octanol–water partition coefficient (Wildman–Crippen LogP) is 18.9. The number of unbranched alkanes of at least 4 members (excludes halogenated alkanes) is 45. The van der Waals surface area contributed by atoms with Crippen LogP contribution in [0.15, 0.2) is 12.2 Å². The minimum atomic E-state index is -0.656. The van der Waals surface area contributed by atoms with Crippen LogP contribution in [0, 0.1) is 0 Å². The summed E-state index contributed by atoms with van der Waals surface area (Å²) >= 11 is 0. The number of aliphatic hydroxyl groups is 2.